The number of aryl methyl sites for hydroxylation is 1. The highest BCUT2D eigenvalue weighted by Gasteiger charge is 2.17. The fourth-order valence-corrected chi connectivity index (χ4v) is 1.57. The number of benzene rings is 1. The summed E-state index contributed by atoms with van der Waals surface area (Å²) >= 11 is 0. The maximum atomic E-state index is 11.8. The van der Waals surface area contributed by atoms with Crippen molar-refractivity contribution in [2.75, 3.05) is 11.9 Å². The molecule has 0 aliphatic heterocycles. The van der Waals surface area contributed by atoms with Crippen LogP contribution in [0.2, 0.25) is 0 Å². The number of carboxylic acid groups (broad SMARTS) is 1. The number of rotatable bonds is 5. The van der Waals surface area contributed by atoms with Gasteiger partial charge in [-0.15, -0.1) is 0 Å². The number of esters is 1. The SMILES string of the molecule is CCOC(=O)C(C)NC(=O)Nc1cc(C(=O)O)ccc1C. The highest BCUT2D eigenvalue weighted by molar-refractivity contribution is 5.95. The van der Waals surface area contributed by atoms with E-state index in [1.807, 2.05) is 0 Å². The van der Waals surface area contributed by atoms with Gasteiger partial charge in [-0.05, 0) is 38.5 Å². The lowest BCUT2D eigenvalue weighted by Crippen LogP contribution is -2.42. The van der Waals surface area contributed by atoms with E-state index in [1.54, 1.807) is 19.9 Å². The molecule has 1 aromatic carbocycles. The molecule has 7 heteroatoms. The molecule has 114 valence electrons. The molecule has 0 fully saturated rings. The number of hydrogen-bond donors (Lipinski definition) is 3. The average molecular weight is 294 g/mol. The second-order valence-corrected chi connectivity index (χ2v) is 4.41. The van der Waals surface area contributed by atoms with Crippen LogP contribution in [0.4, 0.5) is 10.5 Å². The van der Waals surface area contributed by atoms with Crippen molar-refractivity contribution in [3.05, 3.63) is 29.3 Å². The largest absolute Gasteiger partial charge is 0.478 e. The molecule has 21 heavy (non-hydrogen) atoms. The minimum atomic E-state index is -1.08. The summed E-state index contributed by atoms with van der Waals surface area (Å²) < 4.78 is 4.77. The minimum Gasteiger partial charge on any atom is -0.478 e. The molecule has 0 spiro atoms. The monoisotopic (exact) mass is 294 g/mol. The molecule has 3 N–H and O–H groups in total. The van der Waals surface area contributed by atoms with Crippen molar-refractivity contribution in [2.45, 2.75) is 26.8 Å². The molecule has 1 unspecified atom stereocenters. The molecule has 2 amide bonds. The number of urea groups is 1. The first kappa shape index (κ1) is 16.5. The van der Waals surface area contributed by atoms with E-state index >= 15 is 0 Å². The van der Waals surface area contributed by atoms with Gasteiger partial charge in [-0.1, -0.05) is 6.07 Å². The Hall–Kier alpha value is -2.57. The van der Waals surface area contributed by atoms with E-state index in [4.69, 9.17) is 9.84 Å². The van der Waals surface area contributed by atoms with E-state index in [0.717, 1.165) is 0 Å². The minimum absolute atomic E-state index is 0.0642. The predicted molar refractivity (Wildman–Crippen MR) is 76.4 cm³/mol. The number of amides is 2. The van der Waals surface area contributed by atoms with Crippen molar-refractivity contribution in [1.82, 2.24) is 5.32 Å². The number of carbonyl (C=O) groups excluding carboxylic acids is 2. The van der Waals surface area contributed by atoms with E-state index < -0.39 is 24.0 Å². The number of nitrogens with one attached hydrogen (secondary N) is 2. The van der Waals surface area contributed by atoms with Crippen molar-refractivity contribution in [1.29, 1.82) is 0 Å². The highest BCUT2D eigenvalue weighted by Crippen LogP contribution is 2.16. The van der Waals surface area contributed by atoms with Crippen LogP contribution in [-0.2, 0) is 9.53 Å². The lowest BCUT2D eigenvalue weighted by molar-refractivity contribution is -0.144. The van der Waals surface area contributed by atoms with Crippen molar-refractivity contribution >= 4 is 23.7 Å². The van der Waals surface area contributed by atoms with Gasteiger partial charge in [-0.3, -0.25) is 0 Å². The van der Waals surface area contributed by atoms with Gasteiger partial charge in [0.05, 0.1) is 12.2 Å². The van der Waals surface area contributed by atoms with Crippen LogP contribution in [0.15, 0.2) is 18.2 Å². The smallest absolute Gasteiger partial charge is 0.335 e. The Morgan fingerprint density at radius 2 is 2.00 bits per heavy atom. The molecular formula is C14H18N2O5. The van der Waals surface area contributed by atoms with Crippen LogP contribution in [0.25, 0.3) is 0 Å². The molecule has 0 heterocycles. The van der Waals surface area contributed by atoms with Crippen LogP contribution in [-0.4, -0.2) is 35.7 Å². The first-order chi connectivity index (χ1) is 9.85. The van der Waals surface area contributed by atoms with E-state index in [-0.39, 0.29) is 12.2 Å². The van der Waals surface area contributed by atoms with E-state index in [1.165, 1.54) is 19.1 Å². The molecule has 0 saturated heterocycles. The summed E-state index contributed by atoms with van der Waals surface area (Å²) in [5, 5.41) is 13.9. The van der Waals surface area contributed by atoms with Gasteiger partial charge >= 0.3 is 18.0 Å². The van der Waals surface area contributed by atoms with Crippen LogP contribution < -0.4 is 10.6 Å². The van der Waals surface area contributed by atoms with Crippen molar-refractivity contribution in [3.8, 4) is 0 Å². The van der Waals surface area contributed by atoms with Crippen LogP contribution in [0.1, 0.15) is 29.8 Å². The summed E-state index contributed by atoms with van der Waals surface area (Å²) in [6, 6.07) is 2.98. The molecule has 7 nitrogen and oxygen atoms in total. The Kier molecular flexibility index (Phi) is 5.71. The summed E-state index contributed by atoms with van der Waals surface area (Å²) in [5.41, 5.74) is 1.14. The number of anilines is 1. The van der Waals surface area contributed by atoms with Crippen molar-refractivity contribution < 1.29 is 24.2 Å². The second-order valence-electron chi connectivity index (χ2n) is 4.41. The van der Waals surface area contributed by atoms with Gasteiger partial charge < -0.3 is 20.5 Å². The summed E-state index contributed by atoms with van der Waals surface area (Å²) in [4.78, 5) is 34.1. The number of carboxylic acids is 1. The molecular weight excluding hydrogens is 276 g/mol. The molecule has 0 aliphatic carbocycles. The zero-order valence-electron chi connectivity index (χ0n) is 12.1. The topological polar surface area (TPSA) is 105 Å². The number of carbonyl (C=O) groups is 3. The summed E-state index contributed by atoms with van der Waals surface area (Å²) in [5.74, 6) is -1.62. The third-order valence-electron chi connectivity index (χ3n) is 2.72. The van der Waals surface area contributed by atoms with Gasteiger partial charge in [0.1, 0.15) is 6.04 Å². The molecule has 1 rings (SSSR count). The Morgan fingerprint density at radius 1 is 1.33 bits per heavy atom. The Morgan fingerprint density at radius 3 is 2.57 bits per heavy atom. The Bertz CT molecular complexity index is 556. The number of aromatic carboxylic acids is 1. The van der Waals surface area contributed by atoms with Crippen LogP contribution in [0, 0.1) is 6.92 Å². The highest BCUT2D eigenvalue weighted by atomic mass is 16.5. The van der Waals surface area contributed by atoms with Gasteiger partial charge in [-0.2, -0.15) is 0 Å². The average Bonchev–Trinajstić information content (AvgIpc) is 2.41. The van der Waals surface area contributed by atoms with Crippen molar-refractivity contribution in [3.63, 3.8) is 0 Å². The van der Waals surface area contributed by atoms with E-state index in [9.17, 15) is 14.4 Å². The molecule has 0 radical (unpaired) electrons. The zero-order chi connectivity index (χ0) is 16.0. The second kappa shape index (κ2) is 7.28. The Labute approximate surface area is 122 Å². The predicted octanol–water partition coefficient (Wildman–Crippen LogP) is 1.77. The number of ether oxygens (including phenoxy) is 1. The van der Waals surface area contributed by atoms with E-state index in [0.29, 0.717) is 11.3 Å². The molecule has 0 bridgehead atoms. The summed E-state index contributed by atoms with van der Waals surface area (Å²) in [6.07, 6.45) is 0. The van der Waals surface area contributed by atoms with Crippen LogP contribution >= 0.6 is 0 Å². The lowest BCUT2D eigenvalue weighted by Gasteiger charge is -2.14. The fourth-order valence-electron chi connectivity index (χ4n) is 1.57. The maximum absolute atomic E-state index is 11.8. The first-order valence-electron chi connectivity index (χ1n) is 6.43. The van der Waals surface area contributed by atoms with Gasteiger partial charge in [-0.25, -0.2) is 14.4 Å². The number of hydrogen-bond acceptors (Lipinski definition) is 4. The quantitative estimate of drug-likeness (QED) is 0.718. The standard InChI is InChI=1S/C14H18N2O5/c1-4-21-13(19)9(3)15-14(20)16-11-7-10(12(17)18)6-5-8(11)2/h5-7,9H,4H2,1-3H3,(H,17,18)(H2,15,16,20). The fraction of sp³-hybridized carbons (Fsp3) is 0.357. The Balaban J connectivity index is 2.72. The van der Waals surface area contributed by atoms with Crippen LogP contribution in [0.5, 0.6) is 0 Å². The van der Waals surface area contributed by atoms with Crippen LogP contribution in [0.3, 0.4) is 0 Å². The molecule has 0 aliphatic rings. The third-order valence-corrected chi connectivity index (χ3v) is 2.72. The molecule has 1 atom stereocenters. The molecule has 1 aromatic rings. The third kappa shape index (κ3) is 4.79. The summed E-state index contributed by atoms with van der Waals surface area (Å²) in [7, 11) is 0. The normalized spacial score (nSPS) is 11.4. The zero-order valence-corrected chi connectivity index (χ0v) is 12.1. The van der Waals surface area contributed by atoms with Crippen molar-refractivity contribution in [2.24, 2.45) is 0 Å². The maximum Gasteiger partial charge on any atom is 0.335 e. The lowest BCUT2D eigenvalue weighted by atomic mass is 10.1. The van der Waals surface area contributed by atoms with Gasteiger partial charge in [0.15, 0.2) is 0 Å². The summed E-state index contributed by atoms with van der Waals surface area (Å²) in [6.45, 7) is 5.13. The molecule has 0 saturated carbocycles. The van der Waals surface area contributed by atoms with Gasteiger partial charge in [0.25, 0.3) is 0 Å². The van der Waals surface area contributed by atoms with E-state index in [2.05, 4.69) is 10.6 Å². The van der Waals surface area contributed by atoms with Gasteiger partial charge in [0.2, 0.25) is 0 Å². The first-order valence-corrected chi connectivity index (χ1v) is 6.43. The molecule has 0 aromatic heterocycles. The van der Waals surface area contributed by atoms with Gasteiger partial charge in [0, 0.05) is 5.69 Å².